The number of nitrogens with one attached hydrogen (secondary N) is 1. The molecule has 0 spiro atoms. The average Bonchev–Trinajstić information content (AvgIpc) is 2.94. The Bertz CT molecular complexity index is 821. The van der Waals surface area contributed by atoms with Gasteiger partial charge in [0.2, 0.25) is 0 Å². The van der Waals surface area contributed by atoms with Crippen LogP contribution in [0, 0.1) is 6.92 Å². The average molecular weight is 366 g/mol. The zero-order chi connectivity index (χ0) is 18.6. The van der Waals surface area contributed by atoms with Gasteiger partial charge < -0.3 is 19.7 Å². The van der Waals surface area contributed by atoms with Gasteiger partial charge in [0.05, 0.1) is 6.04 Å². The number of likely N-dealkylation sites (tertiary alicyclic amines) is 1. The lowest BCUT2D eigenvalue weighted by Gasteiger charge is -2.31. The monoisotopic (exact) mass is 366 g/mol. The molecule has 1 fully saturated rings. The molecule has 5 heteroatoms. The van der Waals surface area contributed by atoms with E-state index >= 15 is 0 Å². The second-order valence-electron chi connectivity index (χ2n) is 7.26. The van der Waals surface area contributed by atoms with Crippen LogP contribution in [0.1, 0.15) is 42.9 Å². The Kier molecular flexibility index (Phi) is 5.19. The summed E-state index contributed by atoms with van der Waals surface area (Å²) in [4.78, 5) is 15.1. The summed E-state index contributed by atoms with van der Waals surface area (Å²) in [6.45, 7) is 3.96. The number of carbonyl (C=O) groups is 1. The van der Waals surface area contributed by atoms with E-state index in [1.807, 2.05) is 23.1 Å². The van der Waals surface area contributed by atoms with Gasteiger partial charge in [-0.25, -0.2) is 4.79 Å². The minimum Gasteiger partial charge on any atom is -0.486 e. The third-order valence-corrected chi connectivity index (χ3v) is 5.23. The van der Waals surface area contributed by atoms with Gasteiger partial charge in [0.25, 0.3) is 0 Å². The summed E-state index contributed by atoms with van der Waals surface area (Å²) < 4.78 is 11.2. The Morgan fingerprint density at radius 3 is 2.74 bits per heavy atom. The van der Waals surface area contributed by atoms with Gasteiger partial charge in [-0.2, -0.15) is 0 Å². The highest BCUT2D eigenvalue weighted by molar-refractivity contribution is 5.90. The fourth-order valence-electron chi connectivity index (χ4n) is 3.89. The maximum absolute atomic E-state index is 13.1. The van der Waals surface area contributed by atoms with Gasteiger partial charge in [-0.3, -0.25) is 0 Å². The number of benzene rings is 2. The van der Waals surface area contributed by atoms with Crippen molar-refractivity contribution in [1.29, 1.82) is 0 Å². The molecule has 2 aromatic carbocycles. The Morgan fingerprint density at radius 2 is 1.89 bits per heavy atom. The molecule has 1 N–H and O–H groups in total. The molecule has 142 valence electrons. The molecule has 0 aromatic heterocycles. The molecule has 1 atom stereocenters. The van der Waals surface area contributed by atoms with Crippen LogP contribution in [0.2, 0.25) is 0 Å². The fraction of sp³-hybridized carbons (Fsp3) is 0.409. The van der Waals surface area contributed by atoms with Crippen molar-refractivity contribution in [1.82, 2.24) is 4.90 Å². The van der Waals surface area contributed by atoms with Crippen LogP contribution in [0.15, 0.2) is 42.5 Å². The topological polar surface area (TPSA) is 50.8 Å². The first-order valence-corrected chi connectivity index (χ1v) is 9.74. The molecular weight excluding hydrogens is 340 g/mol. The minimum absolute atomic E-state index is 0.0555. The number of amides is 2. The highest BCUT2D eigenvalue weighted by Gasteiger charge is 2.27. The van der Waals surface area contributed by atoms with Crippen LogP contribution < -0.4 is 14.8 Å². The van der Waals surface area contributed by atoms with Crippen LogP contribution in [0.3, 0.4) is 0 Å². The van der Waals surface area contributed by atoms with Gasteiger partial charge in [-0.1, -0.05) is 42.7 Å². The third-order valence-electron chi connectivity index (χ3n) is 5.23. The van der Waals surface area contributed by atoms with E-state index in [2.05, 4.69) is 36.5 Å². The highest BCUT2D eigenvalue weighted by atomic mass is 16.6. The number of hydrogen-bond donors (Lipinski definition) is 1. The molecule has 2 aliphatic heterocycles. The lowest BCUT2D eigenvalue weighted by molar-refractivity contribution is 0.171. The molecular formula is C22H26N2O3. The molecule has 2 heterocycles. The van der Waals surface area contributed by atoms with E-state index in [0.29, 0.717) is 19.0 Å². The number of carbonyl (C=O) groups excluding carboxylic acids is 1. The number of aryl methyl sites for hydroxylation is 1. The predicted octanol–water partition coefficient (Wildman–Crippen LogP) is 4.92. The number of urea groups is 1. The molecule has 1 unspecified atom stereocenters. The SMILES string of the molecule is Cc1cccc(C2CCCCCN2C(=O)Nc2ccc3c(c2)OCCO3)c1. The quantitative estimate of drug-likeness (QED) is 0.821. The van der Waals surface area contributed by atoms with E-state index in [-0.39, 0.29) is 12.1 Å². The van der Waals surface area contributed by atoms with Crippen molar-refractivity contribution >= 4 is 11.7 Å². The summed E-state index contributed by atoms with van der Waals surface area (Å²) in [5, 5.41) is 3.06. The Hall–Kier alpha value is -2.69. The van der Waals surface area contributed by atoms with Crippen LogP contribution in [-0.4, -0.2) is 30.7 Å². The second kappa shape index (κ2) is 7.91. The van der Waals surface area contributed by atoms with E-state index in [1.54, 1.807) is 0 Å². The maximum Gasteiger partial charge on any atom is 0.322 e. The van der Waals surface area contributed by atoms with Gasteiger partial charge in [-0.05, 0) is 37.5 Å². The fourth-order valence-corrected chi connectivity index (χ4v) is 3.89. The van der Waals surface area contributed by atoms with Crippen molar-refractivity contribution in [3.63, 3.8) is 0 Å². The van der Waals surface area contributed by atoms with E-state index in [4.69, 9.17) is 9.47 Å². The Balaban J connectivity index is 1.54. The van der Waals surface area contributed by atoms with Gasteiger partial charge in [0, 0.05) is 18.3 Å². The first-order valence-electron chi connectivity index (χ1n) is 9.74. The lowest BCUT2D eigenvalue weighted by Crippen LogP contribution is -2.38. The predicted molar refractivity (Wildman–Crippen MR) is 106 cm³/mol. The summed E-state index contributed by atoms with van der Waals surface area (Å²) >= 11 is 0. The third kappa shape index (κ3) is 4.02. The summed E-state index contributed by atoms with van der Waals surface area (Å²) in [6, 6.07) is 14.1. The van der Waals surface area contributed by atoms with E-state index in [9.17, 15) is 4.79 Å². The van der Waals surface area contributed by atoms with Crippen LogP contribution in [0.25, 0.3) is 0 Å². The van der Waals surface area contributed by atoms with Gasteiger partial charge in [0.1, 0.15) is 13.2 Å². The molecule has 4 rings (SSSR count). The Morgan fingerprint density at radius 1 is 1.04 bits per heavy atom. The molecule has 0 aliphatic carbocycles. The first kappa shape index (κ1) is 17.7. The van der Waals surface area contributed by atoms with Crippen LogP contribution in [0.4, 0.5) is 10.5 Å². The molecule has 2 aromatic rings. The first-order chi connectivity index (χ1) is 13.2. The summed E-state index contributed by atoms with van der Waals surface area (Å²) in [7, 11) is 0. The van der Waals surface area contributed by atoms with Crippen LogP contribution >= 0.6 is 0 Å². The molecule has 5 nitrogen and oxygen atoms in total. The number of anilines is 1. The summed E-state index contributed by atoms with van der Waals surface area (Å²) in [5.41, 5.74) is 3.18. The number of rotatable bonds is 2. The van der Waals surface area contributed by atoms with Gasteiger partial charge in [-0.15, -0.1) is 0 Å². The van der Waals surface area contributed by atoms with Crippen LogP contribution in [0.5, 0.6) is 11.5 Å². The molecule has 0 radical (unpaired) electrons. The number of nitrogens with zero attached hydrogens (tertiary/aromatic N) is 1. The van der Waals surface area contributed by atoms with Crippen molar-refractivity contribution in [2.24, 2.45) is 0 Å². The molecule has 27 heavy (non-hydrogen) atoms. The summed E-state index contributed by atoms with van der Waals surface area (Å²) in [5.74, 6) is 1.41. The second-order valence-corrected chi connectivity index (χ2v) is 7.26. The molecule has 2 amide bonds. The van der Waals surface area contributed by atoms with Crippen molar-refractivity contribution in [2.75, 3.05) is 25.1 Å². The smallest absolute Gasteiger partial charge is 0.322 e. The zero-order valence-electron chi connectivity index (χ0n) is 15.7. The van der Waals surface area contributed by atoms with E-state index in [0.717, 1.165) is 43.7 Å². The van der Waals surface area contributed by atoms with Gasteiger partial charge in [0.15, 0.2) is 11.5 Å². The van der Waals surface area contributed by atoms with Crippen molar-refractivity contribution < 1.29 is 14.3 Å². The summed E-state index contributed by atoms with van der Waals surface area (Å²) in [6.07, 6.45) is 4.34. The normalized spacial score (nSPS) is 19.3. The van der Waals surface area contributed by atoms with Crippen LogP contribution in [-0.2, 0) is 0 Å². The largest absolute Gasteiger partial charge is 0.486 e. The molecule has 0 bridgehead atoms. The van der Waals surface area contributed by atoms with Crippen molar-refractivity contribution in [3.05, 3.63) is 53.6 Å². The molecule has 2 aliphatic rings. The van der Waals surface area contributed by atoms with E-state index < -0.39 is 0 Å². The number of ether oxygens (including phenoxy) is 2. The van der Waals surface area contributed by atoms with Crippen molar-refractivity contribution in [3.8, 4) is 11.5 Å². The van der Waals surface area contributed by atoms with E-state index in [1.165, 1.54) is 11.1 Å². The maximum atomic E-state index is 13.1. The number of hydrogen-bond acceptors (Lipinski definition) is 3. The minimum atomic E-state index is -0.0555. The van der Waals surface area contributed by atoms with Crippen molar-refractivity contribution in [2.45, 2.75) is 38.6 Å². The highest BCUT2D eigenvalue weighted by Crippen LogP contribution is 2.34. The molecule has 1 saturated heterocycles. The number of fused-ring (bicyclic) bond motifs is 1. The standard InChI is InChI=1S/C22H26N2O3/c1-16-6-5-7-17(14-16)19-8-3-2-4-11-24(19)22(25)23-18-9-10-20-21(15-18)27-13-12-26-20/h5-7,9-10,14-15,19H,2-4,8,11-13H2,1H3,(H,23,25). The van der Waals surface area contributed by atoms with Gasteiger partial charge >= 0.3 is 6.03 Å². The zero-order valence-corrected chi connectivity index (χ0v) is 15.7. The Labute approximate surface area is 160 Å². The lowest BCUT2D eigenvalue weighted by atomic mass is 9.99. The molecule has 0 saturated carbocycles.